The molecule has 0 aromatic heterocycles. The van der Waals surface area contributed by atoms with E-state index in [1.165, 1.54) is 0 Å². The summed E-state index contributed by atoms with van der Waals surface area (Å²) < 4.78 is 0. The van der Waals surface area contributed by atoms with E-state index in [4.69, 9.17) is 0 Å². The number of hydrogen-bond acceptors (Lipinski definition) is 1. The van der Waals surface area contributed by atoms with Crippen molar-refractivity contribution in [2.24, 2.45) is 0 Å². The van der Waals surface area contributed by atoms with Gasteiger partial charge in [-0.2, -0.15) is 0 Å². The van der Waals surface area contributed by atoms with E-state index < -0.39 is 0 Å². The van der Waals surface area contributed by atoms with E-state index in [0.717, 1.165) is 10.8 Å². The van der Waals surface area contributed by atoms with Gasteiger partial charge in [-0.3, -0.25) is 0 Å². The minimum atomic E-state index is 0. The molecule has 0 aliphatic carbocycles. The highest BCUT2D eigenvalue weighted by Gasteiger charge is 1.94. The van der Waals surface area contributed by atoms with Crippen molar-refractivity contribution in [2.75, 3.05) is 0 Å². The van der Waals surface area contributed by atoms with Crippen molar-refractivity contribution < 1.29 is 5.11 Å². The van der Waals surface area contributed by atoms with Gasteiger partial charge in [0.25, 0.3) is 0 Å². The minimum absolute atomic E-state index is 0. The predicted octanol–water partition coefficient (Wildman–Crippen LogP) is 1.36. The van der Waals surface area contributed by atoms with Gasteiger partial charge in [0.15, 0.2) is 17.4 Å². The Morgan fingerprint density at radius 3 is 2.25 bits per heavy atom. The molecule has 0 fully saturated rings. The zero-order valence-corrected chi connectivity index (χ0v) is 5.99. The van der Waals surface area contributed by atoms with Crippen LogP contribution in [0.2, 0.25) is 0 Å². The lowest BCUT2D eigenvalue weighted by molar-refractivity contribution is 0.481. The zero-order chi connectivity index (χ0) is 7.68. The van der Waals surface area contributed by atoms with Gasteiger partial charge in [0.1, 0.15) is 5.75 Å². The number of phenols is 1. The summed E-state index contributed by atoms with van der Waals surface area (Å²) >= 11 is 0. The summed E-state index contributed by atoms with van der Waals surface area (Å²) in [5, 5.41) is 11.4. The van der Waals surface area contributed by atoms with Gasteiger partial charge in [-0.25, -0.2) is 0 Å². The second-order valence-electron chi connectivity index (χ2n) is 2.50. The fourth-order valence-corrected chi connectivity index (χ4v) is 1.21. The first-order valence-corrected chi connectivity index (χ1v) is 3.54. The van der Waals surface area contributed by atoms with Crippen LogP contribution in [-0.2, 0) is 0 Å². The van der Waals surface area contributed by atoms with Crippen LogP contribution in [0.15, 0.2) is 42.5 Å². The third-order valence-electron chi connectivity index (χ3n) is 1.77. The largest absolute Gasteiger partial charge is 0.507 e. The zero-order valence-electron chi connectivity index (χ0n) is 5.99. The van der Waals surface area contributed by atoms with Gasteiger partial charge in [0, 0.05) is 5.39 Å². The summed E-state index contributed by atoms with van der Waals surface area (Å²) in [6.45, 7) is 0. The number of benzene rings is 2. The maximum atomic E-state index is 9.37. The van der Waals surface area contributed by atoms with Gasteiger partial charge < -0.3 is 5.11 Å². The smallest absolute Gasteiger partial charge is 0.187 e. The van der Waals surface area contributed by atoms with E-state index in [2.05, 4.69) is 0 Å². The molecule has 0 bridgehead atoms. The first-order chi connectivity index (χ1) is 5.38. The minimum Gasteiger partial charge on any atom is -0.507 e. The van der Waals surface area contributed by atoms with Gasteiger partial charge in [-0.1, -0.05) is 36.4 Å². The molecule has 0 aliphatic rings. The summed E-state index contributed by atoms with van der Waals surface area (Å²) in [7, 11) is 0. The standard InChI is InChI=1S/C10H8O.Al.3H/c11-10-7-3-5-8-4-1-2-6-9(8)10;;;;/h1-7,11H;;;;. The van der Waals surface area contributed by atoms with Crippen molar-refractivity contribution >= 4 is 28.1 Å². The van der Waals surface area contributed by atoms with E-state index in [1.54, 1.807) is 6.07 Å². The molecule has 12 heavy (non-hydrogen) atoms. The van der Waals surface area contributed by atoms with Crippen LogP contribution in [0.1, 0.15) is 0 Å². The summed E-state index contributed by atoms with van der Waals surface area (Å²) in [4.78, 5) is 0. The molecule has 2 aromatic rings. The molecule has 2 heteroatoms. The second-order valence-corrected chi connectivity index (χ2v) is 2.50. The summed E-state index contributed by atoms with van der Waals surface area (Å²) in [6.07, 6.45) is 0. The van der Waals surface area contributed by atoms with Gasteiger partial charge in [0.2, 0.25) is 0 Å². The van der Waals surface area contributed by atoms with Crippen LogP contribution in [0.4, 0.5) is 0 Å². The third kappa shape index (κ3) is 1.45. The predicted molar refractivity (Wildman–Crippen MR) is 55.6 cm³/mol. The van der Waals surface area contributed by atoms with Crippen molar-refractivity contribution in [3.63, 3.8) is 0 Å². The van der Waals surface area contributed by atoms with E-state index in [9.17, 15) is 5.11 Å². The highest BCUT2D eigenvalue weighted by molar-refractivity contribution is 5.87. The Kier molecular flexibility index (Phi) is 2.75. The van der Waals surface area contributed by atoms with Crippen LogP contribution in [0.3, 0.4) is 0 Å². The van der Waals surface area contributed by atoms with Crippen molar-refractivity contribution in [3.05, 3.63) is 42.5 Å². The van der Waals surface area contributed by atoms with E-state index >= 15 is 0 Å². The van der Waals surface area contributed by atoms with Gasteiger partial charge >= 0.3 is 0 Å². The van der Waals surface area contributed by atoms with Crippen LogP contribution < -0.4 is 0 Å². The fourth-order valence-electron chi connectivity index (χ4n) is 1.21. The van der Waals surface area contributed by atoms with Gasteiger partial charge in [0.05, 0.1) is 0 Å². The Balaban J connectivity index is 0.000000720. The van der Waals surface area contributed by atoms with Crippen molar-refractivity contribution in [2.45, 2.75) is 0 Å². The van der Waals surface area contributed by atoms with Crippen LogP contribution in [-0.4, -0.2) is 22.5 Å². The maximum absolute atomic E-state index is 9.37. The first kappa shape index (κ1) is 9.12. The van der Waals surface area contributed by atoms with Crippen molar-refractivity contribution in [1.29, 1.82) is 0 Å². The molecule has 1 N–H and O–H groups in total. The second kappa shape index (κ2) is 3.62. The number of aromatic hydroxyl groups is 1. The van der Waals surface area contributed by atoms with Crippen LogP contribution in [0.25, 0.3) is 10.8 Å². The van der Waals surface area contributed by atoms with E-state index in [1.807, 2.05) is 36.4 Å². The number of rotatable bonds is 0. The maximum Gasteiger partial charge on any atom is 0.187 e. The molecule has 0 heterocycles. The lowest BCUT2D eigenvalue weighted by Crippen LogP contribution is -1.70. The van der Waals surface area contributed by atoms with E-state index in [-0.39, 0.29) is 17.4 Å². The lowest BCUT2D eigenvalue weighted by atomic mass is 10.1. The van der Waals surface area contributed by atoms with E-state index in [0.29, 0.717) is 5.75 Å². The molecule has 0 spiro atoms. The summed E-state index contributed by atoms with van der Waals surface area (Å²) in [5.41, 5.74) is 0. The van der Waals surface area contributed by atoms with Crippen LogP contribution in [0.5, 0.6) is 5.75 Å². The molecule has 60 valence electrons. The molecule has 0 amide bonds. The number of phenolic OH excluding ortho intramolecular Hbond substituents is 1. The van der Waals surface area contributed by atoms with Crippen molar-refractivity contribution in [3.8, 4) is 5.75 Å². The summed E-state index contributed by atoms with van der Waals surface area (Å²) in [5.74, 6) is 0.350. The first-order valence-electron chi connectivity index (χ1n) is 3.54. The van der Waals surface area contributed by atoms with Gasteiger partial charge in [-0.15, -0.1) is 0 Å². The monoisotopic (exact) mass is 174 g/mol. The van der Waals surface area contributed by atoms with Crippen LogP contribution >= 0.6 is 0 Å². The summed E-state index contributed by atoms with van der Waals surface area (Å²) in [6, 6.07) is 13.3. The molecule has 0 saturated carbocycles. The normalized spacial score (nSPS) is 9.33. The third-order valence-corrected chi connectivity index (χ3v) is 1.77. The highest BCUT2D eigenvalue weighted by Crippen LogP contribution is 2.22. The Labute approximate surface area is 81.8 Å². The average Bonchev–Trinajstić information content (AvgIpc) is 2.06. The Bertz CT molecular complexity index is 379. The molecule has 0 saturated heterocycles. The molecule has 2 aromatic carbocycles. The number of fused-ring (bicyclic) bond motifs is 1. The van der Waals surface area contributed by atoms with Crippen LogP contribution in [0, 0.1) is 0 Å². The quantitative estimate of drug-likeness (QED) is 0.598. The Hall–Kier alpha value is -0.968. The molecular weight excluding hydrogens is 163 g/mol. The SMILES string of the molecule is Oc1cccc2ccccc12.[AlH3]. The highest BCUT2D eigenvalue weighted by atomic mass is 27.0. The molecule has 0 atom stereocenters. The molecule has 0 radical (unpaired) electrons. The number of hydrogen-bond donors (Lipinski definition) is 1. The average molecular weight is 174 g/mol. The molecule has 0 aliphatic heterocycles. The van der Waals surface area contributed by atoms with Gasteiger partial charge in [-0.05, 0) is 11.5 Å². The molecule has 1 nitrogen and oxygen atoms in total. The Morgan fingerprint density at radius 1 is 0.833 bits per heavy atom. The Morgan fingerprint density at radius 2 is 1.50 bits per heavy atom. The molecule has 0 unspecified atom stereocenters. The fraction of sp³-hybridized carbons (Fsp3) is 0. The lowest BCUT2D eigenvalue weighted by Gasteiger charge is -1.97. The molecular formula is C10H11AlO. The van der Waals surface area contributed by atoms with Crippen molar-refractivity contribution in [1.82, 2.24) is 0 Å². The molecule has 2 rings (SSSR count). The topological polar surface area (TPSA) is 20.2 Å².